The molecule has 29 heavy (non-hydrogen) atoms. The number of nitrogens with zero attached hydrogens (tertiary/aromatic N) is 2. The molecule has 0 bridgehead atoms. The molecule has 1 aromatic heterocycles. The van der Waals surface area contributed by atoms with Gasteiger partial charge in [-0.05, 0) is 42.8 Å². The maximum absolute atomic E-state index is 4.81. The third-order valence-corrected chi connectivity index (χ3v) is 5.51. The van der Waals surface area contributed by atoms with Crippen LogP contribution in [-0.4, -0.2) is 18.6 Å². The minimum Gasteiger partial charge on any atom is -0.375 e. The van der Waals surface area contributed by atoms with Gasteiger partial charge in [0, 0.05) is 35.7 Å². The Morgan fingerprint density at radius 2 is 1.38 bits per heavy atom. The highest BCUT2D eigenvalue weighted by Gasteiger charge is 2.09. The Hall–Kier alpha value is -3.07. The van der Waals surface area contributed by atoms with Crippen molar-refractivity contribution in [3.8, 4) is 0 Å². The predicted octanol–water partition coefficient (Wildman–Crippen LogP) is 7.15. The first-order chi connectivity index (χ1) is 14.3. The van der Waals surface area contributed by atoms with Gasteiger partial charge in [-0.25, -0.2) is 4.98 Å². The fourth-order valence-corrected chi connectivity index (χ4v) is 3.82. The number of benzene rings is 3. The third-order valence-electron chi connectivity index (χ3n) is 5.51. The molecule has 0 spiro atoms. The van der Waals surface area contributed by atoms with E-state index in [1.807, 2.05) is 12.1 Å². The summed E-state index contributed by atoms with van der Waals surface area (Å²) in [5.74, 6) is 0. The minimum atomic E-state index is 1.01. The van der Waals surface area contributed by atoms with Gasteiger partial charge in [0.25, 0.3) is 0 Å². The average Bonchev–Trinajstić information content (AvgIpc) is 2.77. The van der Waals surface area contributed by atoms with Crippen molar-refractivity contribution in [3.63, 3.8) is 0 Å². The molecule has 0 amide bonds. The molecule has 4 rings (SSSR count). The van der Waals surface area contributed by atoms with E-state index in [9.17, 15) is 0 Å². The molecule has 0 unspecified atom stereocenters. The molecular formula is C26H29N3. The van der Waals surface area contributed by atoms with Crippen molar-refractivity contribution < 1.29 is 0 Å². The monoisotopic (exact) mass is 383 g/mol. The van der Waals surface area contributed by atoms with E-state index in [1.165, 1.54) is 31.4 Å². The van der Waals surface area contributed by atoms with Gasteiger partial charge in [-0.2, -0.15) is 0 Å². The van der Waals surface area contributed by atoms with Crippen LogP contribution in [0.25, 0.3) is 21.8 Å². The van der Waals surface area contributed by atoms with E-state index in [-0.39, 0.29) is 0 Å². The first-order valence-electron chi connectivity index (χ1n) is 10.6. The summed E-state index contributed by atoms with van der Waals surface area (Å²) in [4.78, 5) is 7.16. The standard InChI is InChI=1S/C26H29N3/c1-3-4-5-10-19-29(2)21-17-15-20(16-18-21)27-26-22-11-6-8-13-24(22)28-25-14-9-7-12-23(25)26/h6-9,11-18H,3-5,10,19H2,1-2H3,(H,27,28). The lowest BCUT2D eigenvalue weighted by Gasteiger charge is -2.20. The number of anilines is 3. The quantitative estimate of drug-likeness (QED) is 0.259. The summed E-state index contributed by atoms with van der Waals surface area (Å²) in [6, 6.07) is 25.4. The Morgan fingerprint density at radius 3 is 2.00 bits per heavy atom. The number of nitrogens with one attached hydrogen (secondary N) is 1. The number of unbranched alkanes of at least 4 members (excludes halogenated alkanes) is 3. The predicted molar refractivity (Wildman–Crippen MR) is 126 cm³/mol. The first-order valence-corrected chi connectivity index (χ1v) is 10.6. The maximum Gasteiger partial charge on any atom is 0.0730 e. The molecule has 1 heterocycles. The van der Waals surface area contributed by atoms with Gasteiger partial charge in [-0.3, -0.25) is 0 Å². The van der Waals surface area contributed by atoms with E-state index in [0.717, 1.165) is 39.7 Å². The first kappa shape index (κ1) is 19.3. The largest absolute Gasteiger partial charge is 0.375 e. The zero-order valence-corrected chi connectivity index (χ0v) is 17.4. The van der Waals surface area contributed by atoms with Gasteiger partial charge in [-0.1, -0.05) is 62.6 Å². The van der Waals surface area contributed by atoms with Gasteiger partial charge >= 0.3 is 0 Å². The van der Waals surface area contributed by atoms with Crippen LogP contribution in [0, 0.1) is 0 Å². The average molecular weight is 384 g/mol. The van der Waals surface area contributed by atoms with Crippen molar-refractivity contribution in [2.75, 3.05) is 23.8 Å². The highest BCUT2D eigenvalue weighted by Crippen LogP contribution is 2.33. The highest BCUT2D eigenvalue weighted by atomic mass is 15.1. The fraction of sp³-hybridized carbons (Fsp3) is 0.269. The van der Waals surface area contributed by atoms with Crippen LogP contribution in [0.1, 0.15) is 32.6 Å². The van der Waals surface area contributed by atoms with E-state index in [0.29, 0.717) is 0 Å². The van der Waals surface area contributed by atoms with Crippen LogP contribution in [0.15, 0.2) is 72.8 Å². The summed E-state index contributed by atoms with van der Waals surface area (Å²) < 4.78 is 0. The zero-order valence-electron chi connectivity index (χ0n) is 17.4. The molecule has 0 saturated heterocycles. The van der Waals surface area contributed by atoms with Crippen molar-refractivity contribution >= 4 is 38.9 Å². The normalized spacial score (nSPS) is 11.1. The maximum atomic E-state index is 4.81. The van der Waals surface area contributed by atoms with Crippen LogP contribution >= 0.6 is 0 Å². The molecule has 3 nitrogen and oxygen atoms in total. The molecule has 1 N–H and O–H groups in total. The molecule has 3 heteroatoms. The molecule has 0 saturated carbocycles. The van der Waals surface area contributed by atoms with E-state index >= 15 is 0 Å². The third kappa shape index (κ3) is 4.34. The van der Waals surface area contributed by atoms with Crippen molar-refractivity contribution in [1.82, 2.24) is 4.98 Å². The molecule has 4 aromatic rings. The van der Waals surface area contributed by atoms with Gasteiger partial charge in [0.2, 0.25) is 0 Å². The van der Waals surface area contributed by atoms with Crippen molar-refractivity contribution in [2.24, 2.45) is 0 Å². The molecule has 0 aliphatic heterocycles. The zero-order chi connectivity index (χ0) is 20.1. The number of fused-ring (bicyclic) bond motifs is 2. The summed E-state index contributed by atoms with van der Waals surface area (Å²) in [5, 5.41) is 5.94. The number of hydrogen-bond donors (Lipinski definition) is 1. The molecule has 0 aliphatic carbocycles. The topological polar surface area (TPSA) is 28.2 Å². The van der Waals surface area contributed by atoms with Gasteiger partial charge in [0.05, 0.1) is 16.7 Å². The van der Waals surface area contributed by atoms with Crippen molar-refractivity contribution in [1.29, 1.82) is 0 Å². The number of pyridine rings is 1. The van der Waals surface area contributed by atoms with Crippen LogP contribution in [0.5, 0.6) is 0 Å². The van der Waals surface area contributed by atoms with Crippen LogP contribution in [0.2, 0.25) is 0 Å². The molecule has 0 radical (unpaired) electrons. The number of hydrogen-bond acceptors (Lipinski definition) is 3. The number of rotatable bonds is 8. The summed E-state index contributed by atoms with van der Waals surface area (Å²) in [7, 11) is 2.18. The molecule has 148 valence electrons. The Bertz CT molecular complexity index is 1030. The number of para-hydroxylation sites is 2. The van der Waals surface area contributed by atoms with Crippen molar-refractivity contribution in [3.05, 3.63) is 72.8 Å². The smallest absolute Gasteiger partial charge is 0.0730 e. The summed E-state index contributed by atoms with van der Waals surface area (Å²) in [6.07, 6.45) is 5.16. The summed E-state index contributed by atoms with van der Waals surface area (Å²) >= 11 is 0. The molecule has 0 atom stereocenters. The number of aromatic nitrogens is 1. The van der Waals surface area contributed by atoms with Gasteiger partial charge in [0.1, 0.15) is 0 Å². The summed E-state index contributed by atoms with van der Waals surface area (Å²) in [5.41, 5.74) is 5.49. The molecule has 0 aliphatic rings. The SMILES string of the molecule is CCCCCCN(C)c1ccc(Nc2c3ccccc3nc3ccccc23)cc1. The van der Waals surface area contributed by atoms with E-state index in [4.69, 9.17) is 4.98 Å². The van der Waals surface area contributed by atoms with E-state index in [2.05, 4.69) is 84.9 Å². The van der Waals surface area contributed by atoms with E-state index < -0.39 is 0 Å². The lowest BCUT2D eigenvalue weighted by atomic mass is 10.1. The fourth-order valence-electron chi connectivity index (χ4n) is 3.82. The van der Waals surface area contributed by atoms with Crippen LogP contribution in [0.3, 0.4) is 0 Å². The molecule has 3 aromatic carbocycles. The van der Waals surface area contributed by atoms with Gasteiger partial charge in [-0.15, -0.1) is 0 Å². The van der Waals surface area contributed by atoms with Crippen LogP contribution < -0.4 is 10.2 Å². The van der Waals surface area contributed by atoms with Gasteiger partial charge < -0.3 is 10.2 Å². The summed E-state index contributed by atoms with van der Waals surface area (Å²) in [6.45, 7) is 3.36. The van der Waals surface area contributed by atoms with Crippen LogP contribution in [0.4, 0.5) is 17.1 Å². The second kappa shape index (κ2) is 8.95. The van der Waals surface area contributed by atoms with E-state index in [1.54, 1.807) is 0 Å². The minimum absolute atomic E-state index is 1.01. The van der Waals surface area contributed by atoms with Crippen molar-refractivity contribution in [2.45, 2.75) is 32.6 Å². The Labute approximate surface area is 173 Å². The Balaban J connectivity index is 1.58. The Morgan fingerprint density at radius 1 is 0.759 bits per heavy atom. The lowest BCUT2D eigenvalue weighted by molar-refractivity contribution is 0.661. The molecular weight excluding hydrogens is 354 g/mol. The highest BCUT2D eigenvalue weighted by molar-refractivity contribution is 6.08. The van der Waals surface area contributed by atoms with Crippen LogP contribution in [-0.2, 0) is 0 Å². The van der Waals surface area contributed by atoms with Gasteiger partial charge in [0.15, 0.2) is 0 Å². The lowest BCUT2D eigenvalue weighted by Crippen LogP contribution is -2.18. The Kier molecular flexibility index (Phi) is 5.95. The second-order valence-electron chi connectivity index (χ2n) is 7.68. The second-order valence-corrected chi connectivity index (χ2v) is 7.68. The molecule has 0 fully saturated rings.